The number of rotatable bonds is 3. The second-order valence-electron chi connectivity index (χ2n) is 3.80. The van der Waals surface area contributed by atoms with Crippen LogP contribution in [0.15, 0.2) is 64.4 Å². The normalized spacial score (nSPS) is 10.8. The molecular weight excluding hydrogens is 246 g/mol. The molecule has 2 aromatic carbocycles. The molecule has 2 rings (SSSR count). The highest BCUT2D eigenvalue weighted by Crippen LogP contribution is 2.20. The Kier molecular flexibility index (Phi) is 3.45. The molecule has 2 aromatic rings. The van der Waals surface area contributed by atoms with Crippen molar-refractivity contribution >= 4 is 9.84 Å². The van der Waals surface area contributed by atoms with Crippen LogP contribution in [0.2, 0.25) is 0 Å². The van der Waals surface area contributed by atoms with E-state index < -0.39 is 9.84 Å². The maximum atomic E-state index is 12.2. The van der Waals surface area contributed by atoms with E-state index in [1.807, 2.05) is 6.07 Å². The zero-order valence-electron chi connectivity index (χ0n) is 9.58. The summed E-state index contributed by atoms with van der Waals surface area (Å²) in [4.78, 5) is 0.522. The maximum Gasteiger partial charge on any atom is 0.206 e. The summed E-state index contributed by atoms with van der Waals surface area (Å²) in [5.41, 5.74) is 0.810. The van der Waals surface area contributed by atoms with Gasteiger partial charge in [-0.1, -0.05) is 30.3 Å². The fourth-order valence-corrected chi connectivity index (χ4v) is 2.90. The second-order valence-corrected chi connectivity index (χ2v) is 5.75. The topological polar surface area (TPSA) is 57.9 Å². The third kappa shape index (κ3) is 2.41. The Labute approximate surface area is 106 Å². The number of sulfone groups is 1. The third-order valence-corrected chi connectivity index (χ3v) is 4.36. The molecule has 0 unspecified atom stereocenters. The van der Waals surface area contributed by atoms with Crippen LogP contribution in [0.1, 0.15) is 5.56 Å². The van der Waals surface area contributed by atoms with E-state index in [1.54, 1.807) is 42.5 Å². The van der Waals surface area contributed by atoms with Crippen molar-refractivity contribution in [2.24, 2.45) is 0 Å². The van der Waals surface area contributed by atoms with Gasteiger partial charge in [-0.05, 0) is 29.8 Å². The van der Waals surface area contributed by atoms with Gasteiger partial charge in [0.1, 0.15) is 0 Å². The minimum atomic E-state index is -3.45. The smallest absolute Gasteiger partial charge is 0.206 e. The molecule has 0 aliphatic carbocycles. The lowest BCUT2D eigenvalue weighted by Gasteiger charge is -2.04. The molecule has 0 saturated carbocycles. The summed E-state index contributed by atoms with van der Waals surface area (Å²) in [6.45, 7) is 0. The first-order chi connectivity index (χ1) is 8.64. The van der Waals surface area contributed by atoms with E-state index in [0.29, 0.717) is 0 Å². The molecule has 0 bridgehead atoms. The molecule has 0 spiro atoms. The molecule has 0 heterocycles. The van der Waals surface area contributed by atoms with Crippen LogP contribution in [0.4, 0.5) is 0 Å². The van der Waals surface area contributed by atoms with E-state index in [0.717, 1.165) is 5.56 Å². The molecule has 0 aliphatic heterocycles. The van der Waals surface area contributed by atoms with Crippen LogP contribution < -0.4 is 0 Å². The largest absolute Gasteiger partial charge is 0.219 e. The fourth-order valence-electron chi connectivity index (χ4n) is 1.61. The molecule has 0 amide bonds. The molecule has 90 valence electrons. The number of nitriles is 1. The fraction of sp³-hybridized carbons (Fsp3) is 0.0714. The van der Waals surface area contributed by atoms with Crippen molar-refractivity contribution in [3.8, 4) is 6.07 Å². The molecule has 0 fully saturated rings. The van der Waals surface area contributed by atoms with Gasteiger partial charge in [-0.25, -0.2) is 8.42 Å². The number of hydrogen-bond acceptors (Lipinski definition) is 3. The van der Waals surface area contributed by atoms with Gasteiger partial charge in [0.2, 0.25) is 9.84 Å². The van der Waals surface area contributed by atoms with E-state index in [9.17, 15) is 8.42 Å². The van der Waals surface area contributed by atoms with Crippen LogP contribution in [0.25, 0.3) is 0 Å². The Bertz CT molecular complexity index is 668. The van der Waals surface area contributed by atoms with E-state index in [2.05, 4.69) is 0 Å². The number of nitrogens with zero attached hydrogens (tertiary/aromatic N) is 1. The summed E-state index contributed by atoms with van der Waals surface area (Å²) < 4.78 is 24.5. The van der Waals surface area contributed by atoms with Crippen LogP contribution in [-0.4, -0.2) is 8.42 Å². The molecule has 0 N–H and O–H groups in total. The predicted octanol–water partition coefficient (Wildman–Crippen LogP) is 2.59. The van der Waals surface area contributed by atoms with Gasteiger partial charge in [-0.15, -0.1) is 0 Å². The average Bonchev–Trinajstić information content (AvgIpc) is 2.41. The van der Waals surface area contributed by atoms with Crippen LogP contribution >= 0.6 is 0 Å². The van der Waals surface area contributed by atoms with E-state index >= 15 is 0 Å². The average molecular weight is 257 g/mol. The Morgan fingerprint density at radius 1 is 0.889 bits per heavy atom. The van der Waals surface area contributed by atoms with Crippen LogP contribution in [0.3, 0.4) is 0 Å². The Morgan fingerprint density at radius 3 is 2.00 bits per heavy atom. The molecule has 0 aromatic heterocycles. The highest BCUT2D eigenvalue weighted by atomic mass is 32.2. The van der Waals surface area contributed by atoms with E-state index in [-0.39, 0.29) is 16.2 Å². The van der Waals surface area contributed by atoms with Crippen LogP contribution in [0, 0.1) is 11.3 Å². The molecule has 18 heavy (non-hydrogen) atoms. The lowest BCUT2D eigenvalue weighted by molar-refractivity contribution is 0.596. The molecule has 4 heteroatoms. The summed E-state index contributed by atoms with van der Waals surface area (Å²) in [6.07, 6.45) is 0.283. The highest BCUT2D eigenvalue weighted by Gasteiger charge is 2.16. The lowest BCUT2D eigenvalue weighted by atomic mass is 10.2. The van der Waals surface area contributed by atoms with Crippen molar-refractivity contribution in [2.45, 2.75) is 16.2 Å². The SMILES string of the molecule is N#CCc1ccc(S(=O)(=O)c2ccccc2)cc1. The van der Waals surface area contributed by atoms with Crippen molar-refractivity contribution in [1.29, 1.82) is 5.26 Å². The van der Waals surface area contributed by atoms with Crippen LogP contribution in [0.5, 0.6) is 0 Å². The lowest BCUT2D eigenvalue weighted by Crippen LogP contribution is -2.01. The van der Waals surface area contributed by atoms with Gasteiger partial charge in [0.15, 0.2) is 0 Å². The molecule has 0 aliphatic rings. The molecule has 0 saturated heterocycles. The summed E-state index contributed by atoms with van der Waals surface area (Å²) in [5, 5.41) is 8.56. The van der Waals surface area contributed by atoms with Gasteiger partial charge in [0, 0.05) is 0 Å². The quantitative estimate of drug-likeness (QED) is 0.849. The zero-order chi connectivity index (χ0) is 13.0. The minimum absolute atomic E-state index is 0.246. The summed E-state index contributed by atoms with van der Waals surface area (Å²) in [7, 11) is -3.45. The maximum absolute atomic E-state index is 12.2. The molecular formula is C14H11NO2S. The van der Waals surface area contributed by atoms with Crippen molar-refractivity contribution in [1.82, 2.24) is 0 Å². The van der Waals surface area contributed by atoms with Gasteiger partial charge in [-0.2, -0.15) is 5.26 Å². The Hall–Kier alpha value is -2.12. The van der Waals surface area contributed by atoms with E-state index in [1.165, 1.54) is 12.1 Å². The number of benzene rings is 2. The predicted molar refractivity (Wildman–Crippen MR) is 67.7 cm³/mol. The van der Waals surface area contributed by atoms with Crippen LogP contribution in [-0.2, 0) is 16.3 Å². The van der Waals surface area contributed by atoms with E-state index in [4.69, 9.17) is 5.26 Å². The van der Waals surface area contributed by atoms with Gasteiger partial charge in [-0.3, -0.25) is 0 Å². The minimum Gasteiger partial charge on any atom is -0.219 e. The van der Waals surface area contributed by atoms with Gasteiger partial charge >= 0.3 is 0 Å². The zero-order valence-corrected chi connectivity index (χ0v) is 10.4. The first kappa shape index (κ1) is 12.3. The van der Waals surface area contributed by atoms with Crippen molar-refractivity contribution in [2.75, 3.05) is 0 Å². The van der Waals surface area contributed by atoms with Gasteiger partial charge < -0.3 is 0 Å². The second kappa shape index (κ2) is 5.03. The summed E-state index contributed by atoms with van der Waals surface area (Å²) >= 11 is 0. The van der Waals surface area contributed by atoms with Gasteiger partial charge in [0.05, 0.1) is 22.3 Å². The first-order valence-electron chi connectivity index (χ1n) is 5.40. The Balaban J connectivity index is 2.40. The third-order valence-electron chi connectivity index (χ3n) is 2.57. The molecule has 0 radical (unpaired) electrons. The van der Waals surface area contributed by atoms with Crippen molar-refractivity contribution in [3.63, 3.8) is 0 Å². The molecule has 3 nitrogen and oxygen atoms in total. The standard InChI is InChI=1S/C14H11NO2S/c15-11-10-12-6-8-14(9-7-12)18(16,17)13-4-2-1-3-5-13/h1-9H,10H2. The monoisotopic (exact) mass is 257 g/mol. The highest BCUT2D eigenvalue weighted by molar-refractivity contribution is 7.91. The summed E-state index contributed by atoms with van der Waals surface area (Å²) in [5.74, 6) is 0. The first-order valence-corrected chi connectivity index (χ1v) is 6.89. The Morgan fingerprint density at radius 2 is 1.44 bits per heavy atom. The van der Waals surface area contributed by atoms with Crippen molar-refractivity contribution in [3.05, 3.63) is 60.2 Å². The van der Waals surface area contributed by atoms with Crippen molar-refractivity contribution < 1.29 is 8.42 Å². The summed E-state index contributed by atoms with van der Waals surface area (Å²) in [6, 6.07) is 16.7. The van der Waals surface area contributed by atoms with Gasteiger partial charge in [0.25, 0.3) is 0 Å². The number of hydrogen-bond donors (Lipinski definition) is 0. The molecule has 0 atom stereocenters.